The number of nitrogens with one attached hydrogen (secondary N) is 2. The smallest absolute Gasteiger partial charge is 0.262 e. The average Bonchev–Trinajstić information content (AvgIpc) is 3.26. The molecule has 7 heteroatoms. The number of carbonyl (C=O) groups excluding carboxylic acids is 2. The van der Waals surface area contributed by atoms with Crippen molar-refractivity contribution in [2.24, 2.45) is 0 Å². The zero-order chi connectivity index (χ0) is 22.5. The third-order valence-electron chi connectivity index (χ3n) is 5.04. The summed E-state index contributed by atoms with van der Waals surface area (Å²) in [6, 6.07) is 18.2. The van der Waals surface area contributed by atoms with Crippen LogP contribution in [0.25, 0.3) is 0 Å². The Hall–Kier alpha value is -4.00. The van der Waals surface area contributed by atoms with E-state index in [1.54, 1.807) is 24.3 Å². The van der Waals surface area contributed by atoms with Gasteiger partial charge >= 0.3 is 0 Å². The second kappa shape index (κ2) is 9.43. The van der Waals surface area contributed by atoms with Gasteiger partial charge in [0.1, 0.15) is 5.75 Å². The molecule has 7 nitrogen and oxygen atoms in total. The van der Waals surface area contributed by atoms with E-state index in [0.29, 0.717) is 35.0 Å². The predicted molar refractivity (Wildman–Crippen MR) is 120 cm³/mol. The third kappa shape index (κ3) is 5.00. The Labute approximate surface area is 186 Å². The highest BCUT2D eigenvalue weighted by Gasteiger charge is 2.16. The summed E-state index contributed by atoms with van der Waals surface area (Å²) in [7, 11) is 0. The van der Waals surface area contributed by atoms with Crippen LogP contribution in [0.3, 0.4) is 0 Å². The van der Waals surface area contributed by atoms with E-state index in [0.717, 1.165) is 16.7 Å². The minimum Gasteiger partial charge on any atom is -0.483 e. The number of fused-ring (bicyclic) bond motifs is 1. The van der Waals surface area contributed by atoms with Crippen molar-refractivity contribution in [1.82, 2.24) is 5.32 Å². The van der Waals surface area contributed by atoms with Gasteiger partial charge in [0.15, 0.2) is 18.1 Å². The molecule has 1 aliphatic rings. The lowest BCUT2D eigenvalue weighted by molar-refractivity contribution is -0.118. The van der Waals surface area contributed by atoms with Gasteiger partial charge in [0.05, 0.1) is 11.3 Å². The van der Waals surface area contributed by atoms with Gasteiger partial charge < -0.3 is 24.8 Å². The van der Waals surface area contributed by atoms with Crippen LogP contribution in [-0.4, -0.2) is 25.2 Å². The molecule has 3 aromatic rings. The van der Waals surface area contributed by atoms with Crippen LogP contribution in [0.1, 0.15) is 27.0 Å². The number of para-hydroxylation sites is 1. The molecule has 0 unspecified atom stereocenters. The third-order valence-corrected chi connectivity index (χ3v) is 5.04. The number of carbonyl (C=O) groups is 2. The molecule has 0 saturated heterocycles. The molecule has 3 aromatic carbocycles. The maximum atomic E-state index is 12.8. The summed E-state index contributed by atoms with van der Waals surface area (Å²) in [4.78, 5) is 25.2. The van der Waals surface area contributed by atoms with E-state index in [4.69, 9.17) is 14.2 Å². The summed E-state index contributed by atoms with van der Waals surface area (Å²) in [5.41, 5.74) is 3.67. The molecular formula is C25H24N2O5. The Morgan fingerprint density at radius 2 is 1.78 bits per heavy atom. The van der Waals surface area contributed by atoms with Crippen LogP contribution in [0.15, 0.2) is 60.7 Å². The second-order valence-electron chi connectivity index (χ2n) is 7.52. The number of rotatable bonds is 7. The molecule has 0 atom stereocenters. The Morgan fingerprint density at radius 1 is 0.969 bits per heavy atom. The molecular weight excluding hydrogens is 408 g/mol. The fourth-order valence-corrected chi connectivity index (χ4v) is 3.31. The first kappa shape index (κ1) is 21.2. The first-order valence-electron chi connectivity index (χ1n) is 10.3. The molecule has 0 radical (unpaired) electrons. The summed E-state index contributed by atoms with van der Waals surface area (Å²) in [5.74, 6) is 1.37. The van der Waals surface area contributed by atoms with Crippen LogP contribution in [0.4, 0.5) is 5.69 Å². The van der Waals surface area contributed by atoms with Gasteiger partial charge in [0, 0.05) is 6.54 Å². The molecule has 164 valence electrons. The quantitative estimate of drug-likeness (QED) is 0.590. The minimum absolute atomic E-state index is 0.155. The van der Waals surface area contributed by atoms with Gasteiger partial charge in [-0.05, 0) is 60.9 Å². The van der Waals surface area contributed by atoms with Crippen molar-refractivity contribution >= 4 is 17.5 Å². The lowest BCUT2D eigenvalue weighted by Gasteiger charge is -2.13. The number of anilines is 1. The van der Waals surface area contributed by atoms with Gasteiger partial charge in [-0.25, -0.2) is 0 Å². The van der Waals surface area contributed by atoms with Crippen molar-refractivity contribution in [3.05, 3.63) is 82.9 Å². The summed E-state index contributed by atoms with van der Waals surface area (Å²) in [6.45, 7) is 4.24. The Kier molecular flexibility index (Phi) is 6.26. The number of hydrogen-bond donors (Lipinski definition) is 2. The molecule has 0 aromatic heterocycles. The van der Waals surface area contributed by atoms with Crippen molar-refractivity contribution in [3.8, 4) is 17.2 Å². The number of hydrogen-bond acceptors (Lipinski definition) is 5. The van der Waals surface area contributed by atoms with E-state index in [2.05, 4.69) is 10.6 Å². The predicted octanol–water partition coefficient (Wildman–Crippen LogP) is 3.98. The zero-order valence-electron chi connectivity index (χ0n) is 17.9. The number of amides is 2. The maximum absolute atomic E-state index is 12.8. The highest BCUT2D eigenvalue weighted by molar-refractivity contribution is 6.04. The minimum atomic E-state index is -0.345. The van der Waals surface area contributed by atoms with Gasteiger partial charge in [-0.15, -0.1) is 0 Å². The highest BCUT2D eigenvalue weighted by atomic mass is 16.7. The van der Waals surface area contributed by atoms with Crippen molar-refractivity contribution in [2.45, 2.75) is 20.4 Å². The van der Waals surface area contributed by atoms with Gasteiger partial charge in [-0.2, -0.15) is 0 Å². The lowest BCUT2D eigenvalue weighted by Crippen LogP contribution is -2.26. The summed E-state index contributed by atoms with van der Waals surface area (Å²) < 4.78 is 16.3. The van der Waals surface area contributed by atoms with Crippen LogP contribution in [-0.2, 0) is 11.3 Å². The molecule has 4 rings (SSSR count). The van der Waals surface area contributed by atoms with Crippen LogP contribution in [0, 0.1) is 13.8 Å². The van der Waals surface area contributed by atoms with Crippen molar-refractivity contribution in [1.29, 1.82) is 0 Å². The Morgan fingerprint density at radius 3 is 2.66 bits per heavy atom. The van der Waals surface area contributed by atoms with E-state index in [-0.39, 0.29) is 25.2 Å². The standard InChI is InChI=1S/C25H24N2O5/c1-16-7-8-17(2)22(11-16)30-14-24(28)27-20-6-4-3-5-19(20)25(29)26-13-18-9-10-21-23(12-18)32-15-31-21/h3-12H,13-15H2,1-2H3,(H,26,29)(H,27,28). The number of benzene rings is 3. The summed E-state index contributed by atoms with van der Waals surface area (Å²) in [5, 5.41) is 5.64. The van der Waals surface area contributed by atoms with E-state index in [1.165, 1.54) is 0 Å². The van der Waals surface area contributed by atoms with Gasteiger partial charge in [-0.3, -0.25) is 9.59 Å². The van der Waals surface area contributed by atoms with Crippen LogP contribution in [0.2, 0.25) is 0 Å². The maximum Gasteiger partial charge on any atom is 0.262 e. The SMILES string of the molecule is Cc1ccc(C)c(OCC(=O)Nc2ccccc2C(=O)NCc2ccc3c(c2)OCO3)c1. The topological polar surface area (TPSA) is 85.9 Å². The first-order chi connectivity index (χ1) is 15.5. The van der Waals surface area contributed by atoms with Gasteiger partial charge in [0.2, 0.25) is 6.79 Å². The largest absolute Gasteiger partial charge is 0.483 e. The van der Waals surface area contributed by atoms with E-state index < -0.39 is 0 Å². The highest BCUT2D eigenvalue weighted by Crippen LogP contribution is 2.32. The first-order valence-corrected chi connectivity index (χ1v) is 10.3. The van der Waals surface area contributed by atoms with Gasteiger partial charge in [-0.1, -0.05) is 30.3 Å². The monoisotopic (exact) mass is 432 g/mol. The van der Waals surface area contributed by atoms with E-state index in [1.807, 2.05) is 50.2 Å². The molecule has 32 heavy (non-hydrogen) atoms. The molecule has 0 bridgehead atoms. The molecule has 0 saturated carbocycles. The van der Waals surface area contributed by atoms with Crippen LogP contribution >= 0.6 is 0 Å². The normalized spacial score (nSPS) is 11.7. The van der Waals surface area contributed by atoms with E-state index in [9.17, 15) is 9.59 Å². The van der Waals surface area contributed by atoms with E-state index >= 15 is 0 Å². The lowest BCUT2D eigenvalue weighted by atomic mass is 10.1. The van der Waals surface area contributed by atoms with Crippen LogP contribution < -0.4 is 24.8 Å². The summed E-state index contributed by atoms with van der Waals surface area (Å²) in [6.07, 6.45) is 0. The molecule has 0 aliphatic carbocycles. The zero-order valence-corrected chi connectivity index (χ0v) is 17.9. The Bertz CT molecular complexity index is 1160. The molecule has 2 amide bonds. The molecule has 2 N–H and O–H groups in total. The fourth-order valence-electron chi connectivity index (χ4n) is 3.31. The van der Waals surface area contributed by atoms with Crippen molar-refractivity contribution in [3.63, 3.8) is 0 Å². The average molecular weight is 432 g/mol. The summed E-state index contributed by atoms with van der Waals surface area (Å²) >= 11 is 0. The van der Waals surface area contributed by atoms with Crippen LogP contribution in [0.5, 0.6) is 17.2 Å². The van der Waals surface area contributed by atoms with Crippen molar-refractivity contribution < 1.29 is 23.8 Å². The molecule has 1 aliphatic heterocycles. The Balaban J connectivity index is 1.37. The second-order valence-corrected chi connectivity index (χ2v) is 7.52. The number of ether oxygens (including phenoxy) is 3. The molecule has 0 fully saturated rings. The fraction of sp³-hybridized carbons (Fsp3) is 0.200. The molecule has 0 spiro atoms. The van der Waals surface area contributed by atoms with Gasteiger partial charge in [0.25, 0.3) is 11.8 Å². The number of aryl methyl sites for hydroxylation is 2. The van der Waals surface area contributed by atoms with Crippen molar-refractivity contribution in [2.75, 3.05) is 18.7 Å². The molecule has 1 heterocycles.